The van der Waals surface area contributed by atoms with Crippen molar-refractivity contribution in [3.63, 3.8) is 0 Å². The Morgan fingerprint density at radius 1 is 1.17 bits per heavy atom. The van der Waals surface area contributed by atoms with Gasteiger partial charge in [0.1, 0.15) is 6.73 Å². The minimum Gasteiger partial charge on any atom is -0.820 e. The average Bonchev–Trinajstić information content (AvgIpc) is 3.23. The van der Waals surface area contributed by atoms with Crippen molar-refractivity contribution in [3.8, 4) is 22.8 Å². The van der Waals surface area contributed by atoms with Crippen LogP contribution >= 0.6 is 24.5 Å². The number of benzene rings is 1. The molecule has 1 aliphatic heterocycles. The maximum Gasteiger partial charge on any atom is 1.00 e. The minimum atomic E-state index is -2.98. The molecule has 0 saturated carbocycles. The number of hydrogen-bond donors (Lipinski definition) is 0. The Hall–Kier alpha value is 0.0400. The summed E-state index contributed by atoms with van der Waals surface area (Å²) in [5, 5.41) is 4.54. The number of fused-ring (bicyclic) bond motifs is 1. The van der Waals surface area contributed by atoms with E-state index in [1.54, 1.807) is 0 Å². The van der Waals surface area contributed by atoms with E-state index < -0.39 is 8.60 Å². The molecule has 7 nitrogen and oxygen atoms in total. The summed E-state index contributed by atoms with van der Waals surface area (Å²) in [6.45, 7) is -0.0271. The van der Waals surface area contributed by atoms with Crippen molar-refractivity contribution >= 4 is 30.1 Å². The third kappa shape index (κ3) is 6.28. The maximum atomic E-state index is 10.9. The predicted octanol–water partition coefficient (Wildman–Crippen LogP) is -3.17. The molecule has 0 bridgehead atoms. The number of rotatable bonds is 5. The van der Waals surface area contributed by atoms with Crippen molar-refractivity contribution in [1.82, 2.24) is 9.78 Å². The average molecular weight is 495 g/mol. The molecule has 2 aromatic rings. The largest absolute Gasteiger partial charge is 1.00 e. The van der Waals surface area contributed by atoms with Crippen molar-refractivity contribution in [3.05, 3.63) is 58.7 Å². The number of nitrogens with zero attached hydrogens (tertiary/aromatic N) is 2. The molecule has 0 saturated heterocycles. The van der Waals surface area contributed by atoms with Gasteiger partial charge in [0, 0.05) is 10.0 Å². The third-order valence-corrected chi connectivity index (χ3v) is 4.89. The Labute approximate surface area is 222 Å². The van der Waals surface area contributed by atoms with Gasteiger partial charge in [-0.2, -0.15) is 13.7 Å². The van der Waals surface area contributed by atoms with Gasteiger partial charge >= 0.3 is 59.1 Å². The summed E-state index contributed by atoms with van der Waals surface area (Å²) >= 11 is 3.49. The van der Waals surface area contributed by atoms with E-state index in [0.717, 1.165) is 22.0 Å². The van der Waals surface area contributed by atoms with E-state index in [9.17, 15) is 9.79 Å². The van der Waals surface area contributed by atoms with E-state index in [0.29, 0.717) is 22.9 Å². The fraction of sp³-hybridized carbons (Fsp3) is 0.167. The molecule has 29 heavy (non-hydrogen) atoms. The number of halogens is 1. The molecule has 0 unspecified atom stereocenters. The van der Waals surface area contributed by atoms with Crippen LogP contribution in [0.1, 0.15) is 12.1 Å². The molecule has 2 heterocycles. The van der Waals surface area contributed by atoms with Crippen LogP contribution in [-0.4, -0.2) is 16.6 Å². The molecule has 0 fully saturated rings. The quantitative estimate of drug-likeness (QED) is 0.322. The van der Waals surface area contributed by atoms with E-state index in [-0.39, 0.29) is 72.6 Å². The topological polar surface area (TPSA) is 91.6 Å². The molecule has 0 amide bonds. The molecule has 0 N–H and O–H groups in total. The van der Waals surface area contributed by atoms with E-state index in [1.165, 1.54) is 4.68 Å². The van der Waals surface area contributed by atoms with Crippen molar-refractivity contribution in [1.29, 1.82) is 0 Å². The normalized spacial score (nSPS) is 14.6. The van der Waals surface area contributed by atoms with Crippen LogP contribution < -0.4 is 78.4 Å². The summed E-state index contributed by atoms with van der Waals surface area (Å²) in [7, 11) is -2.98. The standard InChI is InChI=1S/C18H14BrN2O5P.2Na/c19-14-4-2-1-3-12(7-14)15-9-16(21(20-15)10-26-27(22)23)13-5-6-17-18(8-13)25-11-24-17;;/h2-9H,1,10-11H2;;/q-2;2*+1. The van der Waals surface area contributed by atoms with Crippen molar-refractivity contribution < 1.29 is 82.9 Å². The van der Waals surface area contributed by atoms with Crippen LogP contribution in [0.15, 0.2) is 53.1 Å². The summed E-state index contributed by atoms with van der Waals surface area (Å²) < 4.78 is 18.0. The Kier molecular flexibility index (Phi) is 10.1. The SMILES string of the molecule is [Na+].[Na+].[O-]P([O-])OCn1nc(C2=CCC=CC(Br)=C2)cc1-c1ccc2c(c1)OCO2. The van der Waals surface area contributed by atoms with Crippen LogP contribution in [-0.2, 0) is 11.3 Å². The summed E-state index contributed by atoms with van der Waals surface area (Å²) in [6, 6.07) is 7.42. The number of ether oxygens (including phenoxy) is 2. The summed E-state index contributed by atoms with van der Waals surface area (Å²) in [5.74, 6) is 1.31. The van der Waals surface area contributed by atoms with Gasteiger partial charge < -0.3 is 23.8 Å². The second-order valence-corrected chi connectivity index (χ2v) is 7.41. The molecular weight excluding hydrogens is 481 g/mol. The fourth-order valence-corrected chi connectivity index (χ4v) is 3.49. The van der Waals surface area contributed by atoms with Gasteiger partial charge in [-0.25, -0.2) is 4.68 Å². The van der Waals surface area contributed by atoms with Crippen molar-refractivity contribution in [2.75, 3.05) is 6.79 Å². The smallest absolute Gasteiger partial charge is 0.820 e. The molecule has 0 spiro atoms. The molecular formula is C18H14BrN2Na2O5P. The summed E-state index contributed by atoms with van der Waals surface area (Å²) in [5.41, 5.74) is 3.17. The number of allylic oxidation sites excluding steroid dienone is 6. The number of aromatic nitrogens is 2. The van der Waals surface area contributed by atoms with Gasteiger partial charge in [-0.05, 0) is 42.3 Å². The molecule has 4 rings (SSSR count). The molecule has 11 heteroatoms. The predicted molar refractivity (Wildman–Crippen MR) is 101 cm³/mol. The fourth-order valence-electron chi connectivity index (χ4n) is 2.86. The van der Waals surface area contributed by atoms with Crippen LogP contribution in [0.3, 0.4) is 0 Å². The van der Waals surface area contributed by atoms with Gasteiger partial charge in [-0.15, -0.1) is 0 Å². The maximum absolute atomic E-state index is 10.9. The first kappa shape index (κ1) is 25.3. The van der Waals surface area contributed by atoms with Crippen LogP contribution in [0.5, 0.6) is 11.5 Å². The van der Waals surface area contributed by atoms with Crippen LogP contribution in [0, 0.1) is 0 Å². The molecule has 1 aromatic heterocycles. The van der Waals surface area contributed by atoms with Crippen LogP contribution in [0.2, 0.25) is 0 Å². The molecule has 1 aromatic carbocycles. The van der Waals surface area contributed by atoms with Gasteiger partial charge in [-0.1, -0.05) is 34.2 Å². The monoisotopic (exact) mass is 494 g/mol. The van der Waals surface area contributed by atoms with Gasteiger partial charge in [0.05, 0.1) is 11.4 Å². The number of hydrogen-bond acceptors (Lipinski definition) is 6. The van der Waals surface area contributed by atoms with E-state index in [4.69, 9.17) is 14.0 Å². The van der Waals surface area contributed by atoms with Crippen LogP contribution in [0.25, 0.3) is 16.8 Å². The van der Waals surface area contributed by atoms with Crippen molar-refractivity contribution in [2.45, 2.75) is 13.2 Å². The second-order valence-electron chi connectivity index (χ2n) is 5.79. The molecule has 0 radical (unpaired) electrons. The Bertz CT molecular complexity index is 962. The summed E-state index contributed by atoms with van der Waals surface area (Å²) in [4.78, 5) is 21.7. The van der Waals surface area contributed by atoms with E-state index in [2.05, 4.69) is 27.1 Å². The zero-order chi connectivity index (χ0) is 18.8. The zero-order valence-corrected chi connectivity index (χ0v) is 22.5. The van der Waals surface area contributed by atoms with E-state index in [1.807, 2.05) is 42.5 Å². The molecule has 140 valence electrons. The summed E-state index contributed by atoms with van der Waals surface area (Å²) in [6.07, 6.45) is 8.80. The van der Waals surface area contributed by atoms with E-state index >= 15 is 0 Å². The van der Waals surface area contributed by atoms with Gasteiger partial charge in [0.15, 0.2) is 11.5 Å². The zero-order valence-electron chi connectivity index (χ0n) is 16.0. The third-order valence-electron chi connectivity index (χ3n) is 4.07. The molecule has 0 atom stereocenters. The minimum absolute atomic E-state index is 0. The second kappa shape index (κ2) is 11.6. The molecule has 2 aliphatic rings. The Balaban J connectivity index is 0.00000150. The first-order chi connectivity index (χ1) is 13.1. The molecule has 1 aliphatic carbocycles. The first-order valence-corrected chi connectivity index (χ1v) is 9.98. The Morgan fingerprint density at radius 3 is 2.76 bits per heavy atom. The van der Waals surface area contributed by atoms with Gasteiger partial charge in [0.25, 0.3) is 0 Å². The van der Waals surface area contributed by atoms with Gasteiger partial charge in [0.2, 0.25) is 6.79 Å². The van der Waals surface area contributed by atoms with Crippen LogP contribution in [0.4, 0.5) is 0 Å². The first-order valence-electron chi connectivity index (χ1n) is 8.09. The van der Waals surface area contributed by atoms with Crippen molar-refractivity contribution in [2.24, 2.45) is 0 Å². The Morgan fingerprint density at radius 2 is 1.97 bits per heavy atom. The van der Waals surface area contributed by atoms with Gasteiger partial charge in [-0.3, -0.25) is 0 Å².